The molecule has 0 spiro atoms. The van der Waals surface area contributed by atoms with Gasteiger partial charge in [0, 0.05) is 24.4 Å². The van der Waals surface area contributed by atoms with Gasteiger partial charge in [0.05, 0.1) is 23.0 Å². The van der Waals surface area contributed by atoms with Crippen LogP contribution < -0.4 is 21.1 Å². The maximum atomic E-state index is 12.6. The number of aromatic nitrogens is 2. The highest BCUT2D eigenvalue weighted by molar-refractivity contribution is 6.04. The highest BCUT2D eigenvalue weighted by Gasteiger charge is 2.18. The number of nitrogens with one attached hydrogen (secondary N) is 2. The van der Waals surface area contributed by atoms with Crippen LogP contribution in [-0.2, 0) is 11.3 Å². The van der Waals surface area contributed by atoms with E-state index in [1.807, 2.05) is 6.07 Å². The van der Waals surface area contributed by atoms with E-state index >= 15 is 0 Å². The van der Waals surface area contributed by atoms with Crippen LogP contribution in [0.2, 0.25) is 0 Å². The third kappa shape index (κ3) is 6.14. The number of benzene rings is 2. The summed E-state index contributed by atoms with van der Waals surface area (Å²) >= 11 is 0. The molecule has 10 nitrogen and oxygen atoms in total. The summed E-state index contributed by atoms with van der Waals surface area (Å²) in [7, 11) is 0. The molecule has 36 heavy (non-hydrogen) atoms. The van der Waals surface area contributed by atoms with Crippen molar-refractivity contribution in [2.75, 3.05) is 23.7 Å². The van der Waals surface area contributed by atoms with Gasteiger partial charge in [0.2, 0.25) is 5.91 Å². The minimum atomic E-state index is -0.699. The number of rotatable bonds is 9. The van der Waals surface area contributed by atoms with Crippen molar-refractivity contribution in [3.63, 3.8) is 0 Å². The van der Waals surface area contributed by atoms with Gasteiger partial charge in [0.1, 0.15) is 29.6 Å². The van der Waals surface area contributed by atoms with Crippen LogP contribution in [0.4, 0.5) is 11.4 Å². The Kier molecular flexibility index (Phi) is 7.72. The maximum absolute atomic E-state index is 12.6. The predicted octanol–water partition coefficient (Wildman–Crippen LogP) is 3.27. The molecule has 0 unspecified atom stereocenters. The fraction of sp³-hybridized carbons (Fsp3) is 0.269. The smallest absolute Gasteiger partial charge is 0.274 e. The van der Waals surface area contributed by atoms with Gasteiger partial charge < -0.3 is 21.1 Å². The van der Waals surface area contributed by atoms with Crippen LogP contribution >= 0.6 is 0 Å². The Balaban J connectivity index is 1.62. The molecule has 1 atom stereocenters. The number of amides is 2. The molecule has 1 fully saturated rings. The summed E-state index contributed by atoms with van der Waals surface area (Å²) < 4.78 is 6.22. The first-order chi connectivity index (χ1) is 17.4. The number of likely N-dealkylation sites (tertiary alicyclic amines) is 1. The van der Waals surface area contributed by atoms with E-state index in [0.29, 0.717) is 35.0 Å². The van der Waals surface area contributed by atoms with Crippen molar-refractivity contribution in [2.45, 2.75) is 32.4 Å². The molecule has 2 amide bonds. The van der Waals surface area contributed by atoms with Crippen LogP contribution in [0, 0.1) is 11.3 Å². The zero-order valence-corrected chi connectivity index (χ0v) is 19.9. The minimum Gasteiger partial charge on any atom is -0.457 e. The number of nitrogens with zero attached hydrogens (tertiary/aromatic N) is 4. The number of hydrogen-bond donors (Lipinski definition) is 3. The Morgan fingerprint density at radius 1 is 1.17 bits per heavy atom. The first-order valence-electron chi connectivity index (χ1n) is 11.6. The molecular formula is C26H27N7O3. The van der Waals surface area contributed by atoms with E-state index in [-0.39, 0.29) is 5.69 Å². The van der Waals surface area contributed by atoms with Crippen molar-refractivity contribution in [3.05, 3.63) is 71.8 Å². The number of anilines is 2. The molecule has 184 valence electrons. The van der Waals surface area contributed by atoms with Gasteiger partial charge in [-0.2, -0.15) is 5.26 Å². The highest BCUT2D eigenvalue weighted by Crippen LogP contribution is 2.33. The lowest BCUT2D eigenvalue weighted by Crippen LogP contribution is -2.32. The molecule has 1 saturated heterocycles. The van der Waals surface area contributed by atoms with Crippen LogP contribution in [0.1, 0.15) is 41.4 Å². The second-order valence-corrected chi connectivity index (χ2v) is 8.54. The first kappa shape index (κ1) is 24.6. The maximum Gasteiger partial charge on any atom is 0.274 e. The molecule has 0 radical (unpaired) electrons. The van der Waals surface area contributed by atoms with Crippen molar-refractivity contribution in [1.29, 1.82) is 5.26 Å². The molecular weight excluding hydrogens is 458 g/mol. The summed E-state index contributed by atoms with van der Waals surface area (Å²) in [6, 6.07) is 13.4. The monoisotopic (exact) mass is 485 g/mol. The first-order valence-corrected chi connectivity index (χ1v) is 11.6. The van der Waals surface area contributed by atoms with Gasteiger partial charge in [0.25, 0.3) is 5.91 Å². The van der Waals surface area contributed by atoms with Gasteiger partial charge in [-0.05, 0) is 69.3 Å². The summed E-state index contributed by atoms with van der Waals surface area (Å²) in [6.45, 7) is 4.33. The number of nitrogens with two attached hydrogens (primary N) is 1. The van der Waals surface area contributed by atoms with Crippen LogP contribution in [0.25, 0.3) is 0 Å². The van der Waals surface area contributed by atoms with Gasteiger partial charge in [-0.3, -0.25) is 14.5 Å². The van der Waals surface area contributed by atoms with Crippen molar-refractivity contribution in [3.8, 4) is 17.6 Å². The number of ether oxygens (including phenoxy) is 1. The molecule has 4 N–H and O–H groups in total. The van der Waals surface area contributed by atoms with Crippen molar-refractivity contribution in [1.82, 2.24) is 14.9 Å². The normalized spacial score (nSPS) is 14.0. The van der Waals surface area contributed by atoms with Crippen molar-refractivity contribution in [2.24, 2.45) is 5.73 Å². The van der Waals surface area contributed by atoms with Gasteiger partial charge in [-0.1, -0.05) is 0 Å². The Hall–Kier alpha value is -4.49. The second-order valence-electron chi connectivity index (χ2n) is 8.54. The third-order valence-electron chi connectivity index (χ3n) is 5.86. The predicted molar refractivity (Wildman–Crippen MR) is 134 cm³/mol. The quantitative estimate of drug-likeness (QED) is 0.418. The molecule has 1 aliphatic rings. The molecule has 3 aromatic rings. The molecule has 1 aromatic heterocycles. The Morgan fingerprint density at radius 2 is 1.97 bits per heavy atom. The Bertz CT molecular complexity index is 1280. The third-order valence-corrected chi connectivity index (χ3v) is 5.86. The van der Waals surface area contributed by atoms with Gasteiger partial charge in [-0.15, -0.1) is 0 Å². The Morgan fingerprint density at radius 3 is 2.67 bits per heavy atom. The summed E-state index contributed by atoms with van der Waals surface area (Å²) in [5, 5.41) is 15.2. The minimum absolute atomic E-state index is 0.198. The summed E-state index contributed by atoms with van der Waals surface area (Å²) in [5.41, 5.74) is 8.00. The average Bonchev–Trinajstić information content (AvgIpc) is 3.40. The van der Waals surface area contributed by atoms with Crippen LogP contribution in [-0.4, -0.2) is 45.8 Å². The topological polar surface area (TPSA) is 146 Å². The lowest BCUT2D eigenvalue weighted by atomic mass is 10.1. The standard InChI is InChI=1S/C26H27N7O3/c1-17(25(28)34)31-23-13-20(5-6-21(23)32-26(35)22-8-9-29-16-30-22)36-24-7-4-18(14-27)12-19(24)15-33-10-2-3-11-33/h4-9,12-13,16-17,31H,2-3,10-11,15H2,1H3,(H2,28,34)(H,32,35)/t17-/m0/s1. The van der Waals surface area contributed by atoms with Gasteiger partial charge >= 0.3 is 0 Å². The molecule has 4 rings (SSSR count). The SMILES string of the molecule is C[C@H](Nc1cc(Oc2ccc(C#N)cc2CN2CCCC2)ccc1NC(=O)c1ccncn1)C(N)=O. The molecule has 10 heteroatoms. The number of carbonyl (C=O) groups excluding carboxylic acids is 2. The second kappa shape index (κ2) is 11.3. The average molecular weight is 486 g/mol. The van der Waals surface area contributed by atoms with E-state index in [0.717, 1.165) is 31.5 Å². The van der Waals surface area contributed by atoms with E-state index in [4.69, 9.17) is 10.5 Å². The summed E-state index contributed by atoms with van der Waals surface area (Å²) in [4.78, 5) is 34.5. The van der Waals surface area contributed by atoms with Crippen LogP contribution in [0.3, 0.4) is 0 Å². The zero-order chi connectivity index (χ0) is 25.5. The largest absolute Gasteiger partial charge is 0.457 e. The molecule has 2 heterocycles. The number of carbonyl (C=O) groups is 2. The van der Waals surface area contributed by atoms with E-state index in [9.17, 15) is 14.9 Å². The van der Waals surface area contributed by atoms with Gasteiger partial charge in [0.15, 0.2) is 0 Å². The fourth-order valence-corrected chi connectivity index (χ4v) is 3.91. The van der Waals surface area contributed by atoms with Crippen LogP contribution in [0.15, 0.2) is 55.0 Å². The lowest BCUT2D eigenvalue weighted by molar-refractivity contribution is -0.118. The zero-order valence-electron chi connectivity index (χ0n) is 19.9. The Labute approximate surface area is 209 Å². The van der Waals surface area contributed by atoms with E-state index in [2.05, 4.69) is 31.6 Å². The lowest BCUT2D eigenvalue weighted by Gasteiger charge is -2.20. The van der Waals surface area contributed by atoms with Crippen molar-refractivity contribution < 1.29 is 14.3 Å². The van der Waals surface area contributed by atoms with Crippen LogP contribution in [0.5, 0.6) is 11.5 Å². The molecule has 0 saturated carbocycles. The van der Waals surface area contributed by atoms with Crippen molar-refractivity contribution >= 4 is 23.2 Å². The fourth-order valence-electron chi connectivity index (χ4n) is 3.91. The molecule has 2 aromatic carbocycles. The molecule has 1 aliphatic heterocycles. The number of primary amides is 1. The summed E-state index contributed by atoms with van der Waals surface area (Å²) in [6.07, 6.45) is 5.08. The van der Waals surface area contributed by atoms with Gasteiger partial charge in [-0.25, -0.2) is 9.97 Å². The van der Waals surface area contributed by atoms with E-state index < -0.39 is 17.9 Å². The number of nitriles is 1. The highest BCUT2D eigenvalue weighted by atomic mass is 16.5. The summed E-state index contributed by atoms with van der Waals surface area (Å²) in [5.74, 6) is 0.143. The molecule has 0 aliphatic carbocycles. The van der Waals surface area contributed by atoms with E-state index in [1.54, 1.807) is 37.3 Å². The molecule has 0 bridgehead atoms. The van der Waals surface area contributed by atoms with E-state index in [1.165, 1.54) is 18.6 Å². The number of hydrogen-bond acceptors (Lipinski definition) is 8.